The van der Waals surface area contributed by atoms with E-state index in [0.717, 1.165) is 18.0 Å². The molecule has 0 bridgehead atoms. The third-order valence-electron chi connectivity index (χ3n) is 5.63. The number of benzene rings is 3. The van der Waals surface area contributed by atoms with Crippen molar-refractivity contribution in [1.82, 2.24) is 4.90 Å². The summed E-state index contributed by atoms with van der Waals surface area (Å²) in [6, 6.07) is 21.3. The summed E-state index contributed by atoms with van der Waals surface area (Å²) in [5, 5.41) is 2.75. The first kappa shape index (κ1) is 22.9. The van der Waals surface area contributed by atoms with Crippen LogP contribution in [0.1, 0.15) is 15.9 Å². The molecule has 0 radical (unpaired) electrons. The Bertz CT molecular complexity index is 1130. The number of carbonyl (C=O) groups excluding carboxylic acids is 2. The average Bonchev–Trinajstić information content (AvgIpc) is 2.84. The first-order valence-corrected chi connectivity index (χ1v) is 11.9. The lowest BCUT2D eigenvalue weighted by molar-refractivity contribution is -0.113. The van der Waals surface area contributed by atoms with Gasteiger partial charge in [0.15, 0.2) is 0 Å². The largest absolute Gasteiger partial charge is 0.368 e. The number of anilines is 2. The third kappa shape index (κ3) is 5.73. The number of thioether (sulfide) groups is 1. The summed E-state index contributed by atoms with van der Waals surface area (Å²) >= 11 is 1.33. The Morgan fingerprint density at radius 2 is 1.58 bits per heavy atom. The molecule has 0 aliphatic carbocycles. The van der Waals surface area contributed by atoms with Crippen LogP contribution in [-0.2, 0) is 4.79 Å². The van der Waals surface area contributed by atoms with Crippen molar-refractivity contribution in [2.24, 2.45) is 0 Å². The second kappa shape index (κ2) is 10.5. The lowest BCUT2D eigenvalue weighted by atomic mass is 10.1. The Hall–Kier alpha value is -3.32. The number of hydrogen-bond acceptors (Lipinski definition) is 4. The minimum absolute atomic E-state index is 0.0125. The third-order valence-corrected chi connectivity index (χ3v) is 6.70. The summed E-state index contributed by atoms with van der Waals surface area (Å²) in [7, 11) is 0. The SMILES string of the molecule is Cc1ccccc1N1CCN(C(=O)c2ccccc2SCC(=O)Nc2ccc(F)cc2)CC1. The fourth-order valence-electron chi connectivity index (χ4n) is 3.88. The number of nitrogens with zero attached hydrogens (tertiary/aromatic N) is 2. The zero-order chi connectivity index (χ0) is 23.2. The molecule has 170 valence electrons. The molecule has 0 spiro atoms. The van der Waals surface area contributed by atoms with Gasteiger partial charge in [0.1, 0.15) is 5.82 Å². The summed E-state index contributed by atoms with van der Waals surface area (Å²) in [5.41, 5.74) is 3.60. The quantitative estimate of drug-likeness (QED) is 0.532. The minimum Gasteiger partial charge on any atom is -0.368 e. The van der Waals surface area contributed by atoms with E-state index in [0.29, 0.717) is 24.3 Å². The van der Waals surface area contributed by atoms with E-state index in [-0.39, 0.29) is 23.4 Å². The fourth-order valence-corrected chi connectivity index (χ4v) is 4.73. The number of rotatable bonds is 6. The Kier molecular flexibility index (Phi) is 7.29. The second-order valence-corrected chi connectivity index (χ2v) is 8.92. The van der Waals surface area contributed by atoms with Crippen molar-refractivity contribution >= 4 is 35.0 Å². The Morgan fingerprint density at radius 3 is 2.30 bits per heavy atom. The number of piperazine rings is 1. The van der Waals surface area contributed by atoms with E-state index < -0.39 is 0 Å². The molecule has 1 aliphatic heterocycles. The van der Waals surface area contributed by atoms with Crippen LogP contribution >= 0.6 is 11.8 Å². The predicted molar refractivity (Wildman–Crippen MR) is 131 cm³/mol. The summed E-state index contributed by atoms with van der Waals surface area (Å²) < 4.78 is 13.0. The van der Waals surface area contributed by atoms with Crippen LogP contribution in [0.25, 0.3) is 0 Å². The maximum atomic E-state index is 13.3. The number of nitrogens with one attached hydrogen (secondary N) is 1. The van der Waals surface area contributed by atoms with Crippen molar-refractivity contribution in [2.75, 3.05) is 42.1 Å². The van der Waals surface area contributed by atoms with E-state index in [9.17, 15) is 14.0 Å². The Balaban J connectivity index is 1.36. The van der Waals surface area contributed by atoms with Crippen LogP contribution in [0.5, 0.6) is 0 Å². The number of hydrogen-bond donors (Lipinski definition) is 1. The van der Waals surface area contributed by atoms with E-state index in [4.69, 9.17) is 0 Å². The summed E-state index contributed by atoms with van der Waals surface area (Å²) in [4.78, 5) is 30.6. The van der Waals surface area contributed by atoms with Crippen molar-refractivity contribution in [1.29, 1.82) is 0 Å². The lowest BCUT2D eigenvalue weighted by Gasteiger charge is -2.37. The molecule has 3 aromatic rings. The van der Waals surface area contributed by atoms with E-state index >= 15 is 0 Å². The zero-order valence-corrected chi connectivity index (χ0v) is 19.3. The van der Waals surface area contributed by atoms with Gasteiger partial charge < -0.3 is 15.1 Å². The lowest BCUT2D eigenvalue weighted by Crippen LogP contribution is -2.49. The summed E-state index contributed by atoms with van der Waals surface area (Å²) in [6.45, 7) is 4.97. The smallest absolute Gasteiger partial charge is 0.255 e. The van der Waals surface area contributed by atoms with E-state index in [1.807, 2.05) is 41.3 Å². The predicted octanol–water partition coefficient (Wildman–Crippen LogP) is 4.83. The summed E-state index contributed by atoms with van der Waals surface area (Å²) in [5.74, 6) is -0.417. The fraction of sp³-hybridized carbons (Fsp3) is 0.231. The van der Waals surface area contributed by atoms with Gasteiger partial charge in [0.2, 0.25) is 5.91 Å². The van der Waals surface area contributed by atoms with Gasteiger partial charge in [-0.15, -0.1) is 11.8 Å². The number of amides is 2. The first-order chi connectivity index (χ1) is 16.0. The Morgan fingerprint density at radius 1 is 0.909 bits per heavy atom. The van der Waals surface area contributed by atoms with Crippen molar-refractivity contribution in [3.8, 4) is 0 Å². The monoisotopic (exact) mass is 463 g/mol. The molecule has 1 heterocycles. The van der Waals surface area contributed by atoms with E-state index in [1.54, 1.807) is 0 Å². The van der Waals surface area contributed by atoms with Gasteiger partial charge in [-0.1, -0.05) is 30.3 Å². The highest BCUT2D eigenvalue weighted by atomic mass is 32.2. The molecule has 1 fully saturated rings. The molecule has 1 saturated heterocycles. The highest BCUT2D eigenvalue weighted by Crippen LogP contribution is 2.26. The number of para-hydroxylation sites is 1. The standard InChI is InChI=1S/C26H26FN3O2S/c1-19-6-2-4-8-23(19)29-14-16-30(17-15-29)26(32)22-7-3-5-9-24(22)33-18-25(31)28-21-12-10-20(27)11-13-21/h2-13H,14-18H2,1H3,(H,28,31). The van der Waals surface area contributed by atoms with Crippen LogP contribution in [-0.4, -0.2) is 48.6 Å². The van der Waals surface area contributed by atoms with Gasteiger partial charge in [0.25, 0.3) is 5.91 Å². The average molecular weight is 464 g/mol. The van der Waals surface area contributed by atoms with Crippen molar-refractivity contribution in [2.45, 2.75) is 11.8 Å². The van der Waals surface area contributed by atoms with Gasteiger partial charge in [0, 0.05) is 42.4 Å². The van der Waals surface area contributed by atoms with Crippen LogP contribution < -0.4 is 10.2 Å². The molecule has 5 nitrogen and oxygen atoms in total. The van der Waals surface area contributed by atoms with Gasteiger partial charge in [-0.25, -0.2) is 4.39 Å². The Labute approximate surface area is 197 Å². The number of aryl methyl sites for hydroxylation is 1. The van der Waals surface area contributed by atoms with Crippen LogP contribution in [0, 0.1) is 12.7 Å². The van der Waals surface area contributed by atoms with Gasteiger partial charge in [-0.05, 0) is 55.0 Å². The maximum absolute atomic E-state index is 13.3. The summed E-state index contributed by atoms with van der Waals surface area (Å²) in [6.07, 6.45) is 0. The zero-order valence-electron chi connectivity index (χ0n) is 18.5. The van der Waals surface area contributed by atoms with Gasteiger partial charge in [0.05, 0.1) is 11.3 Å². The second-order valence-electron chi connectivity index (χ2n) is 7.91. The first-order valence-electron chi connectivity index (χ1n) is 10.9. The molecule has 1 N–H and O–H groups in total. The van der Waals surface area contributed by atoms with Crippen LogP contribution in [0.15, 0.2) is 77.7 Å². The molecular formula is C26H26FN3O2S. The van der Waals surface area contributed by atoms with Crippen molar-refractivity contribution in [3.63, 3.8) is 0 Å². The van der Waals surface area contributed by atoms with Gasteiger partial charge >= 0.3 is 0 Å². The van der Waals surface area contributed by atoms with Gasteiger partial charge in [-0.2, -0.15) is 0 Å². The van der Waals surface area contributed by atoms with Gasteiger partial charge in [-0.3, -0.25) is 9.59 Å². The van der Waals surface area contributed by atoms with Crippen LogP contribution in [0.3, 0.4) is 0 Å². The molecule has 0 saturated carbocycles. The molecule has 2 amide bonds. The molecule has 7 heteroatoms. The molecule has 1 aliphatic rings. The highest BCUT2D eigenvalue weighted by Gasteiger charge is 2.24. The molecule has 0 atom stereocenters. The van der Waals surface area contributed by atoms with Crippen LogP contribution in [0.4, 0.5) is 15.8 Å². The van der Waals surface area contributed by atoms with Crippen molar-refractivity contribution < 1.29 is 14.0 Å². The highest BCUT2D eigenvalue weighted by molar-refractivity contribution is 8.00. The molecular weight excluding hydrogens is 437 g/mol. The van der Waals surface area contributed by atoms with Crippen molar-refractivity contribution in [3.05, 3.63) is 89.7 Å². The molecule has 0 aromatic heterocycles. The number of halogens is 1. The number of carbonyl (C=O) groups is 2. The molecule has 0 unspecified atom stereocenters. The van der Waals surface area contributed by atoms with E-state index in [2.05, 4.69) is 29.3 Å². The van der Waals surface area contributed by atoms with Crippen LogP contribution in [0.2, 0.25) is 0 Å². The maximum Gasteiger partial charge on any atom is 0.255 e. The molecule has 33 heavy (non-hydrogen) atoms. The topological polar surface area (TPSA) is 52.7 Å². The minimum atomic E-state index is -0.352. The van der Waals surface area contributed by atoms with E-state index in [1.165, 1.54) is 47.3 Å². The molecule has 4 rings (SSSR count). The molecule has 3 aromatic carbocycles. The normalized spacial score (nSPS) is 13.6.